The van der Waals surface area contributed by atoms with Crippen LogP contribution in [0.2, 0.25) is 0 Å². The lowest BCUT2D eigenvalue weighted by Crippen LogP contribution is -2.00. The van der Waals surface area contributed by atoms with Gasteiger partial charge in [-0.1, -0.05) is 6.07 Å². The van der Waals surface area contributed by atoms with Crippen LogP contribution in [0.3, 0.4) is 0 Å². The summed E-state index contributed by atoms with van der Waals surface area (Å²) in [5, 5.41) is 9.94. The normalized spacial score (nSPS) is 10.5. The average molecular weight is 280 g/mol. The second-order valence-electron chi connectivity index (χ2n) is 4.61. The van der Waals surface area contributed by atoms with E-state index >= 15 is 0 Å². The number of aryl methyl sites for hydroxylation is 1. The van der Waals surface area contributed by atoms with E-state index in [1.54, 1.807) is 13.1 Å². The lowest BCUT2D eigenvalue weighted by Gasteiger charge is -2.08. The highest BCUT2D eigenvalue weighted by Gasteiger charge is 2.09. The molecule has 0 amide bonds. The van der Waals surface area contributed by atoms with Gasteiger partial charge in [-0.15, -0.1) is 0 Å². The van der Waals surface area contributed by atoms with E-state index in [9.17, 15) is 4.79 Å². The number of carbonyl (C=O) groups is 1. The lowest BCUT2D eigenvalue weighted by molar-refractivity contribution is 0.0696. The molecule has 3 rings (SSSR count). The van der Waals surface area contributed by atoms with E-state index in [-0.39, 0.29) is 5.56 Å². The van der Waals surface area contributed by atoms with E-state index in [1.807, 2.05) is 30.3 Å². The number of aromatic nitrogens is 2. The average Bonchev–Trinajstić information content (AvgIpc) is 2.49. The summed E-state index contributed by atoms with van der Waals surface area (Å²) in [4.78, 5) is 19.2. The molecule has 3 aromatic rings. The van der Waals surface area contributed by atoms with Gasteiger partial charge in [0, 0.05) is 29.4 Å². The molecule has 0 radical (unpaired) electrons. The van der Waals surface area contributed by atoms with Crippen molar-refractivity contribution in [1.82, 2.24) is 9.97 Å². The van der Waals surface area contributed by atoms with Crippen molar-refractivity contribution < 1.29 is 14.6 Å². The number of aromatic carboxylic acids is 1. The summed E-state index contributed by atoms with van der Waals surface area (Å²) in [6.45, 7) is 1.76. The van der Waals surface area contributed by atoms with Crippen LogP contribution in [0.1, 0.15) is 15.9 Å². The molecule has 2 heterocycles. The summed E-state index contributed by atoms with van der Waals surface area (Å²) in [5.41, 5.74) is 1.63. The maximum Gasteiger partial charge on any atom is 0.337 e. The third-order valence-corrected chi connectivity index (χ3v) is 3.07. The van der Waals surface area contributed by atoms with Crippen molar-refractivity contribution in [3.8, 4) is 11.6 Å². The maximum absolute atomic E-state index is 10.9. The minimum atomic E-state index is -1.01. The summed E-state index contributed by atoms with van der Waals surface area (Å²) >= 11 is 0. The Morgan fingerprint density at radius 1 is 1.19 bits per heavy atom. The highest BCUT2D eigenvalue weighted by atomic mass is 16.5. The molecule has 0 aliphatic rings. The third-order valence-electron chi connectivity index (χ3n) is 3.07. The van der Waals surface area contributed by atoms with Crippen molar-refractivity contribution >= 4 is 16.9 Å². The molecule has 0 bridgehead atoms. The first-order valence-electron chi connectivity index (χ1n) is 6.36. The molecule has 5 heteroatoms. The highest BCUT2D eigenvalue weighted by molar-refractivity contribution is 5.87. The molecule has 5 nitrogen and oxygen atoms in total. The number of hydrogen-bond acceptors (Lipinski definition) is 4. The molecule has 0 atom stereocenters. The van der Waals surface area contributed by atoms with Gasteiger partial charge >= 0.3 is 5.97 Å². The van der Waals surface area contributed by atoms with Gasteiger partial charge in [0.15, 0.2) is 0 Å². The number of pyridine rings is 2. The SMILES string of the molecule is Cc1cc(C(=O)O)cnc1Oc1ccc2cccnc2c1. The van der Waals surface area contributed by atoms with Crippen molar-refractivity contribution in [2.24, 2.45) is 0 Å². The second-order valence-corrected chi connectivity index (χ2v) is 4.61. The Morgan fingerprint density at radius 2 is 2.05 bits per heavy atom. The van der Waals surface area contributed by atoms with Gasteiger partial charge in [-0.25, -0.2) is 9.78 Å². The number of rotatable bonds is 3. The van der Waals surface area contributed by atoms with Crippen LogP contribution in [0.4, 0.5) is 0 Å². The molecule has 0 spiro atoms. The van der Waals surface area contributed by atoms with Crippen LogP contribution in [0, 0.1) is 6.92 Å². The van der Waals surface area contributed by atoms with Crippen LogP contribution in [0.15, 0.2) is 48.8 Å². The predicted octanol–water partition coefficient (Wildman–Crippen LogP) is 3.43. The number of benzene rings is 1. The number of hydrogen-bond donors (Lipinski definition) is 1. The van der Waals surface area contributed by atoms with Crippen molar-refractivity contribution in [2.45, 2.75) is 6.92 Å². The number of nitrogens with zero attached hydrogens (tertiary/aromatic N) is 2. The molecule has 0 saturated carbocycles. The highest BCUT2D eigenvalue weighted by Crippen LogP contribution is 2.25. The molecule has 1 aromatic carbocycles. The molecule has 1 N–H and O–H groups in total. The fourth-order valence-corrected chi connectivity index (χ4v) is 2.01. The molecule has 104 valence electrons. The lowest BCUT2D eigenvalue weighted by atomic mass is 10.2. The van der Waals surface area contributed by atoms with Crippen molar-refractivity contribution in [1.29, 1.82) is 0 Å². The predicted molar refractivity (Wildman–Crippen MR) is 77.8 cm³/mol. The van der Waals surface area contributed by atoms with Crippen LogP contribution in [-0.2, 0) is 0 Å². The summed E-state index contributed by atoms with van der Waals surface area (Å²) in [5.74, 6) is -0.0118. The first-order valence-corrected chi connectivity index (χ1v) is 6.36. The molecule has 0 saturated heterocycles. The summed E-state index contributed by atoms with van der Waals surface area (Å²) in [6, 6.07) is 10.9. The smallest absolute Gasteiger partial charge is 0.337 e. The molecule has 0 fully saturated rings. The summed E-state index contributed by atoms with van der Waals surface area (Å²) < 4.78 is 5.71. The molecule has 2 aromatic heterocycles. The Labute approximate surface area is 120 Å². The largest absolute Gasteiger partial charge is 0.478 e. The van der Waals surface area contributed by atoms with Crippen LogP contribution in [0.5, 0.6) is 11.6 Å². The van der Waals surface area contributed by atoms with Gasteiger partial charge in [-0.3, -0.25) is 4.98 Å². The third kappa shape index (κ3) is 2.67. The Morgan fingerprint density at radius 3 is 2.81 bits per heavy atom. The van der Waals surface area contributed by atoms with E-state index in [4.69, 9.17) is 9.84 Å². The zero-order valence-electron chi connectivity index (χ0n) is 11.3. The van der Waals surface area contributed by atoms with Gasteiger partial charge < -0.3 is 9.84 Å². The molecule has 0 unspecified atom stereocenters. The van der Waals surface area contributed by atoms with Crippen molar-refractivity contribution in [3.05, 3.63) is 59.9 Å². The zero-order chi connectivity index (χ0) is 14.8. The topological polar surface area (TPSA) is 72.3 Å². The van der Waals surface area contributed by atoms with E-state index in [0.717, 1.165) is 10.9 Å². The monoisotopic (exact) mass is 280 g/mol. The van der Waals surface area contributed by atoms with Gasteiger partial charge in [-0.05, 0) is 31.2 Å². The summed E-state index contributed by atoms with van der Waals surface area (Å²) in [7, 11) is 0. The summed E-state index contributed by atoms with van der Waals surface area (Å²) in [6.07, 6.45) is 3.00. The standard InChI is InChI=1S/C16H12N2O3/c1-10-7-12(16(19)20)9-18-15(10)21-13-5-4-11-3-2-6-17-14(11)8-13/h2-9H,1H3,(H,19,20). The van der Waals surface area contributed by atoms with Crippen LogP contribution >= 0.6 is 0 Å². The maximum atomic E-state index is 10.9. The Hall–Kier alpha value is -2.95. The molecule has 0 aliphatic carbocycles. The minimum absolute atomic E-state index is 0.139. The van der Waals surface area contributed by atoms with E-state index in [0.29, 0.717) is 17.2 Å². The van der Waals surface area contributed by atoms with Gasteiger partial charge in [0.05, 0.1) is 11.1 Å². The van der Waals surface area contributed by atoms with Gasteiger partial charge in [-0.2, -0.15) is 0 Å². The molecular weight excluding hydrogens is 268 g/mol. The number of ether oxygens (including phenoxy) is 1. The van der Waals surface area contributed by atoms with Crippen LogP contribution in [0.25, 0.3) is 10.9 Å². The minimum Gasteiger partial charge on any atom is -0.478 e. The number of carboxylic acids is 1. The quantitative estimate of drug-likeness (QED) is 0.795. The Balaban J connectivity index is 1.93. The number of fused-ring (bicyclic) bond motifs is 1. The molecule has 21 heavy (non-hydrogen) atoms. The van der Waals surface area contributed by atoms with Gasteiger partial charge in [0.2, 0.25) is 5.88 Å². The second kappa shape index (κ2) is 5.20. The fraction of sp³-hybridized carbons (Fsp3) is 0.0625. The van der Waals surface area contributed by atoms with Gasteiger partial charge in [0.25, 0.3) is 0 Å². The van der Waals surface area contributed by atoms with Crippen molar-refractivity contribution in [2.75, 3.05) is 0 Å². The van der Waals surface area contributed by atoms with Gasteiger partial charge in [0.1, 0.15) is 5.75 Å². The fourth-order valence-electron chi connectivity index (χ4n) is 2.01. The van der Waals surface area contributed by atoms with Crippen molar-refractivity contribution in [3.63, 3.8) is 0 Å². The first-order chi connectivity index (χ1) is 10.1. The zero-order valence-corrected chi connectivity index (χ0v) is 11.3. The van der Waals surface area contributed by atoms with Crippen LogP contribution < -0.4 is 4.74 Å². The molecule has 0 aliphatic heterocycles. The van der Waals surface area contributed by atoms with E-state index in [1.165, 1.54) is 12.3 Å². The van der Waals surface area contributed by atoms with Crippen LogP contribution in [-0.4, -0.2) is 21.0 Å². The van der Waals surface area contributed by atoms with E-state index in [2.05, 4.69) is 9.97 Å². The Bertz CT molecular complexity index is 831. The Kier molecular flexibility index (Phi) is 3.23. The van der Waals surface area contributed by atoms with E-state index < -0.39 is 5.97 Å². The first kappa shape index (κ1) is 13.1. The molecular formula is C16H12N2O3. The number of carboxylic acid groups (broad SMARTS) is 1.